The molecule has 0 bridgehead atoms. The lowest BCUT2D eigenvalue weighted by Gasteiger charge is -2.17. The first-order chi connectivity index (χ1) is 9.04. The van der Waals surface area contributed by atoms with Crippen LogP contribution >= 0.6 is 0 Å². The topological polar surface area (TPSA) is 35.5 Å². The average molecular weight is 302 g/mol. The van der Waals surface area contributed by atoms with E-state index in [1.807, 2.05) is 0 Å². The molecule has 0 radical (unpaired) electrons. The van der Waals surface area contributed by atoms with E-state index in [1.54, 1.807) is 0 Å². The van der Waals surface area contributed by atoms with Crippen molar-refractivity contribution in [3.05, 3.63) is 29.3 Å². The summed E-state index contributed by atoms with van der Waals surface area (Å²) in [5.41, 5.74) is -2.31. The van der Waals surface area contributed by atoms with Crippen molar-refractivity contribution < 1.29 is 40.6 Å². The zero-order valence-corrected chi connectivity index (χ0v) is 9.93. The highest BCUT2D eigenvalue weighted by Crippen LogP contribution is 2.38. The summed E-state index contributed by atoms with van der Waals surface area (Å²) in [6.07, 6.45) is -11.1. The molecule has 0 aromatic heterocycles. The fourth-order valence-corrected chi connectivity index (χ4v) is 1.45. The summed E-state index contributed by atoms with van der Waals surface area (Å²) in [4.78, 5) is 11.1. The van der Waals surface area contributed by atoms with Crippen LogP contribution in [0, 0.1) is 0 Å². The van der Waals surface area contributed by atoms with Crippen LogP contribution in [-0.4, -0.2) is 19.4 Å². The summed E-state index contributed by atoms with van der Waals surface area (Å²) in [5, 5.41) is 0. The van der Waals surface area contributed by atoms with E-state index in [-0.39, 0.29) is 0 Å². The third-order valence-electron chi connectivity index (χ3n) is 2.21. The average Bonchev–Trinajstić information content (AvgIpc) is 2.27. The standard InChI is InChI=1S/C11H8F6O3/c1-19-9(18)5-6-7(10(12,13)14)3-2-4-8(6)20-11(15,16)17/h2-4H,5H2,1H3. The van der Waals surface area contributed by atoms with Crippen LogP contribution in [0.4, 0.5) is 26.3 Å². The van der Waals surface area contributed by atoms with Crippen molar-refractivity contribution >= 4 is 5.97 Å². The van der Waals surface area contributed by atoms with E-state index in [0.29, 0.717) is 12.1 Å². The van der Waals surface area contributed by atoms with Crippen LogP contribution in [0.25, 0.3) is 0 Å². The van der Waals surface area contributed by atoms with Gasteiger partial charge in [-0.25, -0.2) is 0 Å². The minimum Gasteiger partial charge on any atom is -0.469 e. The molecule has 3 nitrogen and oxygen atoms in total. The predicted molar refractivity (Wildman–Crippen MR) is 53.8 cm³/mol. The Morgan fingerprint density at radius 1 is 1.15 bits per heavy atom. The van der Waals surface area contributed by atoms with Gasteiger partial charge >= 0.3 is 18.5 Å². The molecule has 0 aliphatic carbocycles. The zero-order chi connectivity index (χ0) is 15.6. The minimum absolute atomic E-state index is 0.557. The molecular weight excluding hydrogens is 294 g/mol. The molecule has 9 heteroatoms. The van der Waals surface area contributed by atoms with Crippen LogP contribution < -0.4 is 4.74 Å². The second kappa shape index (κ2) is 5.59. The van der Waals surface area contributed by atoms with E-state index in [1.165, 1.54) is 0 Å². The molecule has 1 aromatic rings. The van der Waals surface area contributed by atoms with Crippen molar-refractivity contribution in [3.8, 4) is 5.75 Å². The molecule has 0 spiro atoms. The van der Waals surface area contributed by atoms with Gasteiger partial charge in [0.25, 0.3) is 0 Å². The van der Waals surface area contributed by atoms with Crippen LogP contribution in [0.5, 0.6) is 5.75 Å². The summed E-state index contributed by atoms with van der Waals surface area (Å²) in [6, 6.07) is 2.01. The molecule has 1 rings (SSSR count). The maximum atomic E-state index is 12.7. The van der Waals surface area contributed by atoms with Gasteiger partial charge in [0.05, 0.1) is 19.1 Å². The summed E-state index contributed by atoms with van der Waals surface area (Å²) in [5.74, 6) is -2.20. The third kappa shape index (κ3) is 4.32. The van der Waals surface area contributed by atoms with E-state index >= 15 is 0 Å². The molecule has 0 amide bonds. The van der Waals surface area contributed by atoms with E-state index < -0.39 is 41.8 Å². The first kappa shape index (κ1) is 16.1. The maximum Gasteiger partial charge on any atom is 0.573 e. The Morgan fingerprint density at radius 2 is 1.75 bits per heavy atom. The van der Waals surface area contributed by atoms with Gasteiger partial charge in [-0.2, -0.15) is 13.2 Å². The van der Waals surface area contributed by atoms with E-state index in [0.717, 1.165) is 13.2 Å². The molecule has 0 aliphatic rings. The lowest BCUT2D eigenvalue weighted by molar-refractivity contribution is -0.275. The summed E-state index contributed by atoms with van der Waals surface area (Å²) >= 11 is 0. The molecule has 112 valence electrons. The second-order valence-corrected chi connectivity index (χ2v) is 3.58. The Morgan fingerprint density at radius 3 is 2.20 bits per heavy atom. The van der Waals surface area contributed by atoms with Crippen molar-refractivity contribution in [2.24, 2.45) is 0 Å². The van der Waals surface area contributed by atoms with E-state index in [9.17, 15) is 31.1 Å². The highest BCUT2D eigenvalue weighted by atomic mass is 19.4. The SMILES string of the molecule is COC(=O)Cc1c(OC(F)(F)F)cccc1C(F)(F)F. The molecule has 0 saturated heterocycles. The van der Waals surface area contributed by atoms with Crippen molar-refractivity contribution in [1.82, 2.24) is 0 Å². The Hall–Kier alpha value is -1.93. The monoisotopic (exact) mass is 302 g/mol. The van der Waals surface area contributed by atoms with Crippen LogP contribution in [0.3, 0.4) is 0 Å². The van der Waals surface area contributed by atoms with Crippen LogP contribution in [-0.2, 0) is 22.1 Å². The Bertz CT molecular complexity index is 492. The first-order valence-electron chi connectivity index (χ1n) is 5.06. The molecule has 0 unspecified atom stereocenters. The predicted octanol–water partition coefficient (Wildman–Crippen LogP) is 3.32. The quantitative estimate of drug-likeness (QED) is 0.635. The highest BCUT2D eigenvalue weighted by Gasteiger charge is 2.38. The van der Waals surface area contributed by atoms with Gasteiger partial charge in [0.2, 0.25) is 0 Å². The van der Waals surface area contributed by atoms with Gasteiger partial charge in [-0.05, 0) is 12.1 Å². The number of halogens is 6. The molecule has 1 aromatic carbocycles. The normalized spacial score (nSPS) is 12.2. The number of rotatable bonds is 3. The molecule has 0 heterocycles. The van der Waals surface area contributed by atoms with Crippen molar-refractivity contribution in [2.45, 2.75) is 19.0 Å². The van der Waals surface area contributed by atoms with Gasteiger partial charge < -0.3 is 9.47 Å². The van der Waals surface area contributed by atoms with E-state index in [4.69, 9.17) is 0 Å². The molecule has 0 saturated carbocycles. The van der Waals surface area contributed by atoms with Crippen LogP contribution in [0.1, 0.15) is 11.1 Å². The smallest absolute Gasteiger partial charge is 0.469 e. The first-order valence-corrected chi connectivity index (χ1v) is 5.06. The molecule has 0 fully saturated rings. The number of alkyl halides is 6. The lowest BCUT2D eigenvalue weighted by atomic mass is 10.0. The number of carbonyl (C=O) groups excluding carboxylic acids is 1. The molecular formula is C11H8F6O3. The zero-order valence-electron chi connectivity index (χ0n) is 9.93. The third-order valence-corrected chi connectivity index (χ3v) is 2.21. The maximum absolute atomic E-state index is 12.7. The van der Waals surface area contributed by atoms with Crippen LogP contribution in [0.2, 0.25) is 0 Å². The molecule has 0 aliphatic heterocycles. The van der Waals surface area contributed by atoms with Crippen LogP contribution in [0.15, 0.2) is 18.2 Å². The minimum atomic E-state index is -5.17. The number of methoxy groups -OCH3 is 1. The largest absolute Gasteiger partial charge is 0.573 e. The number of benzene rings is 1. The number of carbonyl (C=O) groups is 1. The van der Waals surface area contributed by atoms with Gasteiger partial charge in [0.15, 0.2) is 0 Å². The second-order valence-electron chi connectivity index (χ2n) is 3.58. The number of ether oxygens (including phenoxy) is 2. The Kier molecular flexibility index (Phi) is 4.51. The summed E-state index contributed by atoms with van der Waals surface area (Å²) in [7, 11) is 0.906. The van der Waals surface area contributed by atoms with Crippen molar-refractivity contribution in [1.29, 1.82) is 0 Å². The van der Waals surface area contributed by atoms with Gasteiger partial charge in [-0.1, -0.05) is 6.07 Å². The number of hydrogen-bond acceptors (Lipinski definition) is 3. The fraction of sp³-hybridized carbons (Fsp3) is 0.364. The van der Waals surface area contributed by atoms with Crippen molar-refractivity contribution in [3.63, 3.8) is 0 Å². The summed E-state index contributed by atoms with van der Waals surface area (Å²) in [6.45, 7) is 0. The summed E-state index contributed by atoms with van der Waals surface area (Å²) < 4.78 is 82.3. The molecule has 20 heavy (non-hydrogen) atoms. The fourth-order valence-electron chi connectivity index (χ4n) is 1.45. The van der Waals surface area contributed by atoms with E-state index in [2.05, 4.69) is 9.47 Å². The molecule has 0 N–H and O–H groups in total. The van der Waals surface area contributed by atoms with Gasteiger partial charge in [0.1, 0.15) is 5.75 Å². The van der Waals surface area contributed by atoms with Crippen molar-refractivity contribution in [2.75, 3.05) is 7.11 Å². The van der Waals surface area contributed by atoms with Gasteiger partial charge in [0, 0.05) is 5.56 Å². The Labute approximate surface area is 109 Å². The lowest BCUT2D eigenvalue weighted by Crippen LogP contribution is -2.21. The number of esters is 1. The number of hydrogen-bond donors (Lipinski definition) is 0. The van der Waals surface area contributed by atoms with Gasteiger partial charge in [-0.15, -0.1) is 13.2 Å². The highest BCUT2D eigenvalue weighted by molar-refractivity contribution is 5.74. The van der Waals surface area contributed by atoms with Gasteiger partial charge in [-0.3, -0.25) is 4.79 Å². The Balaban J connectivity index is 3.33. The molecule has 0 atom stereocenters.